The van der Waals surface area contributed by atoms with Crippen LogP contribution in [0.5, 0.6) is 0 Å². The van der Waals surface area contributed by atoms with Gasteiger partial charge in [0, 0.05) is 10.4 Å². The Kier molecular flexibility index (Phi) is 5.71. The Labute approximate surface area is 185 Å². The van der Waals surface area contributed by atoms with Crippen molar-refractivity contribution in [2.45, 2.75) is 33.1 Å². The number of primary amides is 1. The van der Waals surface area contributed by atoms with E-state index in [1.165, 1.54) is 16.9 Å². The van der Waals surface area contributed by atoms with Gasteiger partial charge in [0.1, 0.15) is 5.00 Å². The van der Waals surface area contributed by atoms with E-state index in [9.17, 15) is 19.5 Å². The fraction of sp³-hybridized carbons (Fsp3) is 0.375. The predicted molar refractivity (Wildman–Crippen MR) is 121 cm³/mol. The van der Waals surface area contributed by atoms with Gasteiger partial charge in [0.2, 0.25) is 5.91 Å². The van der Waals surface area contributed by atoms with Crippen molar-refractivity contribution in [3.8, 4) is 11.1 Å². The highest BCUT2D eigenvalue weighted by molar-refractivity contribution is 7.17. The number of benzene rings is 1. The molecule has 1 aromatic carbocycles. The highest BCUT2D eigenvalue weighted by Gasteiger charge is 2.48. The summed E-state index contributed by atoms with van der Waals surface area (Å²) >= 11 is 1.30. The van der Waals surface area contributed by atoms with Crippen LogP contribution in [0.25, 0.3) is 11.1 Å². The van der Waals surface area contributed by atoms with Gasteiger partial charge < -0.3 is 16.2 Å². The standard InChI is InChI=1S/C24H26N2O4S/c1-3-13-4-6-14(7-5-13)17-12(2)31-23(20(17)21(25)27)26-22(28)18-15-8-10-16(11-9-15)19(18)24(29)30/h4-8,10,15-16,18-19H,3,9,11H2,1-2H3,(H2,25,27)(H,26,28)(H,29,30)/t15-,16-,18-,19-/m0/s1. The second kappa shape index (κ2) is 8.30. The Morgan fingerprint density at radius 1 is 1.10 bits per heavy atom. The number of carboxylic acid groups (broad SMARTS) is 1. The zero-order valence-electron chi connectivity index (χ0n) is 17.6. The summed E-state index contributed by atoms with van der Waals surface area (Å²) in [7, 11) is 0. The van der Waals surface area contributed by atoms with E-state index < -0.39 is 23.7 Å². The Morgan fingerprint density at radius 3 is 2.23 bits per heavy atom. The monoisotopic (exact) mass is 438 g/mol. The molecular weight excluding hydrogens is 412 g/mol. The van der Waals surface area contributed by atoms with Crippen LogP contribution in [0.3, 0.4) is 0 Å². The van der Waals surface area contributed by atoms with Crippen molar-refractivity contribution < 1.29 is 19.5 Å². The molecule has 5 rings (SSSR count). The number of nitrogens with one attached hydrogen (secondary N) is 1. The van der Waals surface area contributed by atoms with E-state index >= 15 is 0 Å². The number of nitrogens with two attached hydrogens (primary N) is 1. The first-order valence-corrected chi connectivity index (χ1v) is 11.4. The number of aryl methyl sites for hydroxylation is 2. The molecule has 4 atom stereocenters. The Hall–Kier alpha value is -2.93. The van der Waals surface area contributed by atoms with Gasteiger partial charge in [-0.3, -0.25) is 14.4 Å². The second-order valence-electron chi connectivity index (χ2n) is 8.32. The van der Waals surface area contributed by atoms with Crippen molar-refractivity contribution >= 4 is 34.1 Å². The molecule has 2 bridgehead atoms. The zero-order valence-corrected chi connectivity index (χ0v) is 18.4. The molecule has 1 fully saturated rings. The first-order valence-electron chi connectivity index (χ1n) is 10.6. The molecule has 6 nitrogen and oxygen atoms in total. The van der Waals surface area contributed by atoms with E-state index in [0.717, 1.165) is 35.3 Å². The van der Waals surface area contributed by atoms with Gasteiger partial charge >= 0.3 is 5.97 Å². The molecule has 0 aliphatic heterocycles. The summed E-state index contributed by atoms with van der Waals surface area (Å²) in [5, 5.41) is 13.0. The van der Waals surface area contributed by atoms with Crippen LogP contribution in [0, 0.1) is 30.6 Å². The lowest BCUT2D eigenvalue weighted by Crippen LogP contribution is -2.47. The lowest BCUT2D eigenvalue weighted by atomic mass is 9.62. The van der Waals surface area contributed by atoms with Crippen molar-refractivity contribution in [2.75, 3.05) is 5.32 Å². The topological polar surface area (TPSA) is 109 Å². The number of carbonyl (C=O) groups excluding carboxylic acids is 2. The number of anilines is 1. The molecule has 0 unspecified atom stereocenters. The normalized spacial score (nSPS) is 24.2. The number of aliphatic carboxylic acids is 1. The number of fused-ring (bicyclic) bond motifs is 2. The smallest absolute Gasteiger partial charge is 0.307 e. The largest absolute Gasteiger partial charge is 0.481 e. The van der Waals surface area contributed by atoms with Gasteiger partial charge in [-0.05, 0) is 49.1 Å². The van der Waals surface area contributed by atoms with E-state index in [1.54, 1.807) is 0 Å². The SMILES string of the molecule is CCc1ccc(-c2c(C)sc(NC(=O)[C@@H]3[C@@H](C(=O)O)[C@H]4C=C[C@H]3CC4)c2C(N)=O)cc1. The number of carboxylic acids is 1. The van der Waals surface area contributed by atoms with Crippen molar-refractivity contribution in [3.63, 3.8) is 0 Å². The molecule has 0 spiro atoms. The molecule has 1 heterocycles. The van der Waals surface area contributed by atoms with Crippen LogP contribution >= 0.6 is 11.3 Å². The van der Waals surface area contributed by atoms with Crippen molar-refractivity contribution in [2.24, 2.45) is 29.4 Å². The number of hydrogen-bond acceptors (Lipinski definition) is 4. The maximum atomic E-state index is 13.2. The number of carbonyl (C=O) groups is 3. The van der Waals surface area contributed by atoms with Crippen LogP contribution in [-0.4, -0.2) is 22.9 Å². The average Bonchev–Trinajstić information content (AvgIpc) is 3.09. The number of rotatable bonds is 6. The molecule has 31 heavy (non-hydrogen) atoms. The van der Waals surface area contributed by atoms with Gasteiger partial charge in [0.15, 0.2) is 0 Å². The third-order valence-electron chi connectivity index (χ3n) is 6.55. The third-order valence-corrected chi connectivity index (χ3v) is 7.58. The Balaban J connectivity index is 1.68. The van der Waals surface area contributed by atoms with Crippen LogP contribution in [-0.2, 0) is 16.0 Å². The summed E-state index contributed by atoms with van der Waals surface area (Å²) < 4.78 is 0. The Morgan fingerprint density at radius 2 is 1.71 bits per heavy atom. The number of thiophene rings is 1. The highest BCUT2D eigenvalue weighted by Crippen LogP contribution is 2.46. The summed E-state index contributed by atoms with van der Waals surface area (Å²) in [5.41, 5.74) is 8.77. The van der Waals surface area contributed by atoms with Gasteiger partial charge in [-0.25, -0.2) is 0 Å². The van der Waals surface area contributed by atoms with Gasteiger partial charge in [-0.15, -0.1) is 11.3 Å². The maximum absolute atomic E-state index is 13.2. The molecule has 1 saturated carbocycles. The summed E-state index contributed by atoms with van der Waals surface area (Å²) in [6.07, 6.45) is 6.39. The zero-order chi connectivity index (χ0) is 22.3. The molecular formula is C24H26N2O4S. The quantitative estimate of drug-likeness (QED) is 0.586. The highest BCUT2D eigenvalue weighted by atomic mass is 32.1. The summed E-state index contributed by atoms with van der Waals surface area (Å²) in [6.45, 7) is 3.96. The van der Waals surface area contributed by atoms with Crippen molar-refractivity contribution in [3.05, 3.63) is 52.4 Å². The van der Waals surface area contributed by atoms with Crippen LogP contribution < -0.4 is 11.1 Å². The van der Waals surface area contributed by atoms with Crippen LogP contribution in [0.4, 0.5) is 5.00 Å². The maximum Gasteiger partial charge on any atom is 0.307 e. The molecule has 2 amide bonds. The average molecular weight is 439 g/mol. The third kappa shape index (κ3) is 3.78. The first kappa shape index (κ1) is 21.3. The van der Waals surface area contributed by atoms with E-state index in [2.05, 4.69) is 12.2 Å². The van der Waals surface area contributed by atoms with Gasteiger partial charge in [-0.2, -0.15) is 0 Å². The summed E-state index contributed by atoms with van der Waals surface area (Å²) in [4.78, 5) is 38.4. The van der Waals surface area contributed by atoms with Crippen LogP contribution in [0.15, 0.2) is 36.4 Å². The van der Waals surface area contributed by atoms with Gasteiger partial charge in [0.25, 0.3) is 5.91 Å². The number of hydrogen-bond donors (Lipinski definition) is 3. The molecule has 4 N–H and O–H groups in total. The molecule has 3 aliphatic rings. The fourth-order valence-corrected chi connectivity index (χ4v) is 6.09. The fourth-order valence-electron chi connectivity index (χ4n) is 5.01. The predicted octanol–water partition coefficient (Wildman–Crippen LogP) is 4.24. The lowest BCUT2D eigenvalue weighted by molar-refractivity contribution is -0.151. The van der Waals surface area contributed by atoms with Crippen LogP contribution in [0.2, 0.25) is 0 Å². The van der Waals surface area contributed by atoms with E-state index in [0.29, 0.717) is 5.00 Å². The van der Waals surface area contributed by atoms with Crippen molar-refractivity contribution in [1.29, 1.82) is 0 Å². The summed E-state index contributed by atoms with van der Waals surface area (Å²) in [5.74, 6) is -3.57. The van der Waals surface area contributed by atoms with Crippen molar-refractivity contribution in [1.82, 2.24) is 0 Å². The molecule has 162 valence electrons. The molecule has 3 aliphatic carbocycles. The van der Waals surface area contributed by atoms with Gasteiger partial charge in [-0.1, -0.05) is 43.3 Å². The van der Waals surface area contributed by atoms with Crippen LogP contribution in [0.1, 0.15) is 40.6 Å². The molecule has 0 saturated heterocycles. The Bertz CT molecular complexity index is 1070. The van der Waals surface area contributed by atoms with Gasteiger partial charge in [0.05, 0.1) is 17.4 Å². The van der Waals surface area contributed by atoms with E-state index in [1.807, 2.05) is 43.3 Å². The molecule has 1 aromatic heterocycles. The minimum atomic E-state index is -0.951. The first-order chi connectivity index (χ1) is 14.8. The molecule has 0 radical (unpaired) electrons. The minimum absolute atomic E-state index is 0.106. The lowest BCUT2D eigenvalue weighted by Gasteiger charge is -2.41. The number of amides is 2. The minimum Gasteiger partial charge on any atom is -0.481 e. The van der Waals surface area contributed by atoms with E-state index in [4.69, 9.17) is 5.73 Å². The number of allylic oxidation sites excluding steroid dienone is 2. The second-order valence-corrected chi connectivity index (χ2v) is 9.55. The molecule has 2 aromatic rings. The van der Waals surface area contributed by atoms with E-state index in [-0.39, 0.29) is 23.3 Å². The molecule has 7 heteroatoms. The summed E-state index contributed by atoms with van der Waals surface area (Å²) in [6, 6.07) is 7.94.